The first-order valence-electron chi connectivity index (χ1n) is 15.5. The Hall–Kier alpha value is -2.34. The van der Waals surface area contributed by atoms with E-state index in [4.69, 9.17) is 0 Å². The van der Waals surface area contributed by atoms with Crippen LogP contribution in [0.4, 0.5) is 0 Å². The zero-order chi connectivity index (χ0) is 29.2. The van der Waals surface area contributed by atoms with Gasteiger partial charge >= 0.3 is 0 Å². The lowest BCUT2D eigenvalue weighted by atomic mass is 9.85. The first kappa shape index (κ1) is 29.6. The third-order valence-electron chi connectivity index (χ3n) is 10.4. The molecule has 0 aromatic heterocycles. The highest BCUT2D eigenvalue weighted by Crippen LogP contribution is 2.49. The van der Waals surface area contributed by atoms with E-state index in [9.17, 15) is 0 Å². The summed E-state index contributed by atoms with van der Waals surface area (Å²) in [6.07, 6.45) is 3.85. The Morgan fingerprint density at radius 3 is 0.949 bits per heavy atom. The summed E-state index contributed by atoms with van der Waals surface area (Å²) in [7, 11) is 0. The van der Waals surface area contributed by atoms with E-state index in [0.29, 0.717) is 11.8 Å². The smallest absolute Gasteiger partial charge is 0.00142 e. The van der Waals surface area contributed by atoms with E-state index >= 15 is 0 Å². The van der Waals surface area contributed by atoms with Crippen LogP contribution in [0.5, 0.6) is 0 Å². The van der Waals surface area contributed by atoms with Gasteiger partial charge in [0.1, 0.15) is 0 Å². The molecule has 3 aromatic rings. The zero-order valence-corrected chi connectivity index (χ0v) is 27.9. The standard InChI is InChI=1S/C14H22.C13H18.C12H14/c1-8(2)14-12(6)10(4)9(3)11(5)13(14)7;1-7(2)13-10(5)8(3)9(4)11-6-12(11)13;1-6(2)12-10-4-8(10)7(3)9-5-11(9)12/h8H,1-7H3;7H,6H2,1-5H3;6H,4-5H2,1-3H3. The molecule has 39 heavy (non-hydrogen) atoms. The largest absolute Gasteiger partial charge is 0.0587 e. The van der Waals surface area contributed by atoms with E-state index in [1.54, 1.807) is 55.6 Å². The summed E-state index contributed by atoms with van der Waals surface area (Å²) in [5, 5.41) is 0. The van der Waals surface area contributed by atoms with Crippen LogP contribution in [0, 0.1) is 62.3 Å². The third kappa shape index (κ3) is 5.26. The summed E-state index contributed by atoms with van der Waals surface area (Å²) in [5.41, 5.74) is 28.5. The average molecular weight is 523 g/mol. The molecule has 210 valence electrons. The fourth-order valence-electron chi connectivity index (χ4n) is 7.42. The van der Waals surface area contributed by atoms with E-state index in [1.165, 1.54) is 63.8 Å². The highest BCUT2D eigenvalue weighted by molar-refractivity contribution is 5.69. The van der Waals surface area contributed by atoms with Crippen molar-refractivity contribution in [3.8, 4) is 0 Å². The molecule has 6 rings (SSSR count). The second kappa shape index (κ2) is 10.6. The van der Waals surface area contributed by atoms with Gasteiger partial charge in [0.25, 0.3) is 0 Å². The normalized spacial score (nSPS) is 13.4. The third-order valence-corrected chi connectivity index (χ3v) is 10.4. The Bertz CT molecular complexity index is 1410. The molecule has 0 fully saturated rings. The van der Waals surface area contributed by atoms with Gasteiger partial charge in [-0.05, 0) is 199 Å². The first-order chi connectivity index (χ1) is 18.1. The van der Waals surface area contributed by atoms with Crippen LogP contribution in [-0.4, -0.2) is 0 Å². The SMILES string of the molecule is Cc1c(C)c(C)c(C(C)C)c(C)c1C.Cc1c(C)c2c(c(C(C)C)c1C)C2.Cc1c2c(c(C(C)C)c3c1C3)C2. The molecule has 0 heterocycles. The van der Waals surface area contributed by atoms with Crippen molar-refractivity contribution in [1.82, 2.24) is 0 Å². The first-order valence-corrected chi connectivity index (χ1v) is 15.5. The molecule has 0 radical (unpaired) electrons. The van der Waals surface area contributed by atoms with Crippen LogP contribution in [0.3, 0.4) is 0 Å². The second-order valence-electron chi connectivity index (χ2n) is 13.7. The minimum absolute atomic E-state index is 0.632. The molecule has 0 amide bonds. The van der Waals surface area contributed by atoms with Crippen LogP contribution in [0.1, 0.15) is 159 Å². The van der Waals surface area contributed by atoms with Gasteiger partial charge in [0, 0.05) is 0 Å². The van der Waals surface area contributed by atoms with Gasteiger partial charge in [0.15, 0.2) is 0 Å². The summed E-state index contributed by atoms with van der Waals surface area (Å²) in [4.78, 5) is 0. The molecule has 0 nitrogen and oxygen atoms in total. The quantitative estimate of drug-likeness (QED) is 0.217. The highest BCUT2D eigenvalue weighted by Gasteiger charge is 2.36. The number of hydrogen-bond acceptors (Lipinski definition) is 0. The minimum Gasteiger partial charge on any atom is -0.0587 e. The number of hydrogen-bond donors (Lipinski definition) is 0. The van der Waals surface area contributed by atoms with Gasteiger partial charge in [0.2, 0.25) is 0 Å². The summed E-state index contributed by atoms with van der Waals surface area (Å²) in [6, 6.07) is 0. The van der Waals surface area contributed by atoms with Crippen molar-refractivity contribution in [1.29, 1.82) is 0 Å². The lowest BCUT2D eigenvalue weighted by Gasteiger charge is -2.21. The van der Waals surface area contributed by atoms with Crippen molar-refractivity contribution >= 4 is 0 Å². The molecule has 0 unspecified atom stereocenters. The van der Waals surface area contributed by atoms with Gasteiger partial charge in [-0.15, -0.1) is 0 Å². The molecule has 0 spiro atoms. The molecular formula is C39H54. The van der Waals surface area contributed by atoms with Crippen molar-refractivity contribution in [2.75, 3.05) is 0 Å². The molecule has 0 aliphatic heterocycles. The van der Waals surface area contributed by atoms with Crippen LogP contribution in [0.15, 0.2) is 0 Å². The number of fused-ring (bicyclic) bond motifs is 3. The molecule has 3 aliphatic rings. The number of benzene rings is 3. The van der Waals surface area contributed by atoms with E-state index in [2.05, 4.69) is 104 Å². The van der Waals surface area contributed by atoms with Crippen LogP contribution >= 0.6 is 0 Å². The fourth-order valence-corrected chi connectivity index (χ4v) is 7.42. The summed E-state index contributed by atoms with van der Waals surface area (Å²) < 4.78 is 0. The summed E-state index contributed by atoms with van der Waals surface area (Å²) >= 11 is 0. The molecule has 3 aromatic carbocycles. The molecule has 0 saturated heterocycles. The van der Waals surface area contributed by atoms with Crippen LogP contribution in [-0.2, 0) is 19.3 Å². The predicted octanol–water partition coefficient (Wildman–Crippen LogP) is 10.9. The number of rotatable bonds is 3. The topological polar surface area (TPSA) is 0 Å². The molecule has 3 aliphatic carbocycles. The fraction of sp³-hybridized carbons (Fsp3) is 0.538. The highest BCUT2D eigenvalue weighted by atomic mass is 14.4. The van der Waals surface area contributed by atoms with E-state index in [-0.39, 0.29) is 0 Å². The minimum atomic E-state index is 0.632. The van der Waals surface area contributed by atoms with Gasteiger partial charge in [0.05, 0.1) is 0 Å². The van der Waals surface area contributed by atoms with Crippen molar-refractivity contribution in [3.63, 3.8) is 0 Å². The molecule has 0 heteroatoms. The molecular weight excluding hydrogens is 468 g/mol. The van der Waals surface area contributed by atoms with Gasteiger partial charge in [-0.2, -0.15) is 0 Å². The Kier molecular flexibility index (Phi) is 8.03. The Morgan fingerprint density at radius 2 is 0.564 bits per heavy atom. The Labute approximate surface area is 240 Å². The van der Waals surface area contributed by atoms with Crippen molar-refractivity contribution in [3.05, 3.63) is 100 Å². The van der Waals surface area contributed by atoms with Gasteiger partial charge < -0.3 is 0 Å². The van der Waals surface area contributed by atoms with E-state index in [0.717, 1.165) is 5.92 Å². The second-order valence-corrected chi connectivity index (χ2v) is 13.7. The van der Waals surface area contributed by atoms with Crippen molar-refractivity contribution < 1.29 is 0 Å². The Morgan fingerprint density at radius 1 is 0.282 bits per heavy atom. The summed E-state index contributed by atoms with van der Waals surface area (Å²) in [6.45, 7) is 34.1. The van der Waals surface area contributed by atoms with E-state index < -0.39 is 0 Å². The lowest BCUT2D eigenvalue weighted by Crippen LogP contribution is -2.04. The van der Waals surface area contributed by atoms with Gasteiger partial charge in [-0.1, -0.05) is 41.5 Å². The van der Waals surface area contributed by atoms with E-state index in [1.807, 2.05) is 0 Å². The molecule has 0 N–H and O–H groups in total. The van der Waals surface area contributed by atoms with Crippen LogP contribution < -0.4 is 0 Å². The molecule has 0 atom stereocenters. The average Bonchev–Trinajstić information content (AvgIpc) is 3.70. The van der Waals surface area contributed by atoms with Crippen molar-refractivity contribution in [2.24, 2.45) is 0 Å². The molecule has 0 saturated carbocycles. The van der Waals surface area contributed by atoms with Crippen LogP contribution in [0.2, 0.25) is 0 Å². The Balaban J connectivity index is 0.000000136. The van der Waals surface area contributed by atoms with Crippen LogP contribution in [0.25, 0.3) is 0 Å². The summed E-state index contributed by atoms with van der Waals surface area (Å²) in [5.74, 6) is 2.07. The monoisotopic (exact) mass is 522 g/mol. The maximum Gasteiger partial charge on any atom is -0.00142 e. The molecule has 0 bridgehead atoms. The predicted molar refractivity (Wildman–Crippen MR) is 173 cm³/mol. The maximum absolute atomic E-state index is 2.32. The van der Waals surface area contributed by atoms with Gasteiger partial charge in [-0.25, -0.2) is 0 Å². The van der Waals surface area contributed by atoms with Gasteiger partial charge in [-0.3, -0.25) is 0 Å². The van der Waals surface area contributed by atoms with Crippen molar-refractivity contribution in [2.45, 2.75) is 141 Å². The zero-order valence-electron chi connectivity index (χ0n) is 27.9. The lowest BCUT2D eigenvalue weighted by molar-refractivity contribution is 0.837. The maximum atomic E-state index is 2.32.